The molecule has 0 fully saturated rings. The number of pyridine rings is 1. The van der Waals surface area contributed by atoms with E-state index < -0.39 is 16.1 Å². The summed E-state index contributed by atoms with van der Waals surface area (Å²) < 4.78 is 27.9. The van der Waals surface area contributed by atoms with E-state index in [1.165, 1.54) is 3.97 Å². The number of para-hydroxylation sites is 1. The summed E-state index contributed by atoms with van der Waals surface area (Å²) in [5.74, 6) is 0. The van der Waals surface area contributed by atoms with Crippen LogP contribution in [0.2, 0.25) is 0 Å². The molecule has 132 valence electrons. The van der Waals surface area contributed by atoms with Crippen molar-refractivity contribution in [2.75, 3.05) is 0 Å². The van der Waals surface area contributed by atoms with Gasteiger partial charge < -0.3 is 5.11 Å². The number of fused-ring (bicyclic) bond motifs is 2. The van der Waals surface area contributed by atoms with Gasteiger partial charge in [-0.3, -0.25) is 4.98 Å². The van der Waals surface area contributed by atoms with Crippen molar-refractivity contribution in [3.8, 4) is 0 Å². The fourth-order valence-electron chi connectivity index (χ4n) is 3.16. The fraction of sp³-hybridized carbons (Fsp3) is 0.150. The van der Waals surface area contributed by atoms with Gasteiger partial charge in [-0.05, 0) is 36.2 Å². The van der Waals surface area contributed by atoms with Gasteiger partial charge in [-0.15, -0.1) is 0 Å². The lowest BCUT2D eigenvalue weighted by molar-refractivity contribution is 0.174. The summed E-state index contributed by atoms with van der Waals surface area (Å²) >= 11 is 0. The van der Waals surface area contributed by atoms with Crippen LogP contribution in [-0.4, -0.2) is 22.5 Å². The average molecular weight is 366 g/mol. The molecule has 0 saturated carbocycles. The van der Waals surface area contributed by atoms with Gasteiger partial charge in [0.25, 0.3) is 10.0 Å². The van der Waals surface area contributed by atoms with Crippen molar-refractivity contribution < 1.29 is 13.5 Å². The van der Waals surface area contributed by atoms with Gasteiger partial charge in [-0.1, -0.05) is 37.3 Å². The summed E-state index contributed by atoms with van der Waals surface area (Å²) in [4.78, 5) is 4.43. The quantitative estimate of drug-likeness (QED) is 0.595. The highest BCUT2D eigenvalue weighted by Gasteiger charge is 2.22. The molecule has 2 aromatic carbocycles. The maximum atomic E-state index is 13.3. The predicted octanol–water partition coefficient (Wildman–Crippen LogP) is 3.87. The van der Waals surface area contributed by atoms with Crippen LogP contribution >= 0.6 is 0 Å². The molecule has 1 atom stereocenters. The van der Waals surface area contributed by atoms with Crippen LogP contribution in [0.25, 0.3) is 21.8 Å². The van der Waals surface area contributed by atoms with Gasteiger partial charge in [-0.25, -0.2) is 12.4 Å². The number of hydrogen-bond donors (Lipinski definition) is 1. The van der Waals surface area contributed by atoms with Crippen LogP contribution in [0.4, 0.5) is 0 Å². The molecule has 0 spiro atoms. The van der Waals surface area contributed by atoms with Gasteiger partial charge in [0.05, 0.1) is 17.1 Å². The second-order valence-electron chi connectivity index (χ2n) is 6.19. The van der Waals surface area contributed by atoms with Crippen molar-refractivity contribution in [2.24, 2.45) is 0 Å². The minimum Gasteiger partial charge on any atom is -0.388 e. The first-order valence-corrected chi connectivity index (χ1v) is 9.85. The fourth-order valence-corrected chi connectivity index (χ4v) is 4.68. The highest BCUT2D eigenvalue weighted by Crippen LogP contribution is 2.28. The van der Waals surface area contributed by atoms with Gasteiger partial charge in [0.2, 0.25) is 0 Å². The third-order valence-electron chi connectivity index (χ3n) is 4.59. The van der Waals surface area contributed by atoms with E-state index in [-0.39, 0.29) is 4.90 Å². The molecule has 6 heteroatoms. The zero-order chi connectivity index (χ0) is 18.3. The molecule has 0 radical (unpaired) electrons. The summed E-state index contributed by atoms with van der Waals surface area (Å²) in [7, 11) is -3.83. The van der Waals surface area contributed by atoms with Crippen LogP contribution in [0.15, 0.2) is 71.9 Å². The third kappa shape index (κ3) is 2.58. The Morgan fingerprint density at radius 2 is 1.88 bits per heavy atom. The van der Waals surface area contributed by atoms with Crippen LogP contribution < -0.4 is 0 Å². The van der Waals surface area contributed by atoms with Gasteiger partial charge in [0.15, 0.2) is 0 Å². The molecule has 0 saturated heterocycles. The van der Waals surface area contributed by atoms with Crippen LogP contribution in [0.1, 0.15) is 25.0 Å². The van der Waals surface area contributed by atoms with Crippen LogP contribution in [0, 0.1) is 0 Å². The number of aliphatic hydroxyl groups excluding tert-OH is 1. The lowest BCUT2D eigenvalue weighted by Gasteiger charge is -2.12. The van der Waals surface area contributed by atoms with Gasteiger partial charge >= 0.3 is 0 Å². The smallest absolute Gasteiger partial charge is 0.270 e. The largest absolute Gasteiger partial charge is 0.388 e. The summed E-state index contributed by atoms with van der Waals surface area (Å²) in [6.45, 7) is 1.88. The summed E-state index contributed by atoms with van der Waals surface area (Å²) in [6.07, 6.45) is 3.07. The third-order valence-corrected chi connectivity index (χ3v) is 6.31. The van der Waals surface area contributed by atoms with E-state index in [0.717, 1.165) is 10.8 Å². The zero-order valence-corrected chi connectivity index (χ0v) is 15.0. The Labute approximate surface area is 151 Å². The van der Waals surface area contributed by atoms with Crippen LogP contribution in [0.5, 0.6) is 0 Å². The molecule has 2 heterocycles. The van der Waals surface area contributed by atoms with E-state index in [0.29, 0.717) is 23.0 Å². The number of rotatable bonds is 4. The maximum absolute atomic E-state index is 13.3. The molecular formula is C20H18N2O3S. The Bertz CT molecular complexity index is 1210. The normalized spacial score (nSPS) is 13.3. The van der Waals surface area contributed by atoms with Crippen molar-refractivity contribution in [3.05, 3.63) is 72.6 Å². The molecule has 26 heavy (non-hydrogen) atoms. The van der Waals surface area contributed by atoms with Gasteiger partial charge in [-0.2, -0.15) is 0 Å². The Morgan fingerprint density at radius 1 is 1.08 bits per heavy atom. The van der Waals surface area contributed by atoms with E-state index in [9.17, 15) is 13.5 Å². The number of hydrogen-bond acceptors (Lipinski definition) is 4. The molecule has 5 nitrogen and oxygen atoms in total. The first-order chi connectivity index (χ1) is 12.5. The second kappa shape index (κ2) is 6.23. The van der Waals surface area contributed by atoms with Crippen molar-refractivity contribution in [2.45, 2.75) is 24.3 Å². The molecule has 0 aliphatic heterocycles. The van der Waals surface area contributed by atoms with Crippen molar-refractivity contribution in [1.29, 1.82) is 0 Å². The predicted molar refractivity (Wildman–Crippen MR) is 102 cm³/mol. The molecule has 4 aromatic rings. The van der Waals surface area contributed by atoms with Crippen molar-refractivity contribution in [3.63, 3.8) is 0 Å². The Kier molecular flexibility index (Phi) is 4.01. The van der Waals surface area contributed by atoms with E-state index >= 15 is 0 Å². The molecule has 2 aromatic heterocycles. The number of aliphatic hydroxyl groups is 1. The maximum Gasteiger partial charge on any atom is 0.270 e. The highest BCUT2D eigenvalue weighted by atomic mass is 32.2. The lowest BCUT2D eigenvalue weighted by atomic mass is 10.1. The summed E-state index contributed by atoms with van der Waals surface area (Å²) in [5.41, 5.74) is 1.69. The number of benzene rings is 2. The van der Waals surface area contributed by atoms with Gasteiger partial charge in [0.1, 0.15) is 4.90 Å². The molecule has 0 aliphatic carbocycles. The molecule has 1 unspecified atom stereocenters. The number of nitrogens with zero attached hydrogens (tertiary/aromatic N) is 2. The Morgan fingerprint density at radius 3 is 2.69 bits per heavy atom. The van der Waals surface area contributed by atoms with Crippen LogP contribution in [0.3, 0.4) is 0 Å². The average Bonchev–Trinajstić information content (AvgIpc) is 3.10. The molecule has 1 N–H and O–H groups in total. The molecule has 0 amide bonds. The topological polar surface area (TPSA) is 72.2 Å². The van der Waals surface area contributed by atoms with Crippen molar-refractivity contribution >= 4 is 31.8 Å². The van der Waals surface area contributed by atoms with Gasteiger partial charge in [0, 0.05) is 23.2 Å². The number of aromatic nitrogens is 2. The standard InChI is InChI=1S/C20H18N2O3S/c1-2-18(23)16-9-8-14-10-12-22(17(14)13-16)26(24,25)19-7-3-5-15-6-4-11-21-20(15)19/h3-13,18,23H,2H2,1H3. The molecule has 4 rings (SSSR count). The first kappa shape index (κ1) is 16.8. The van der Waals surface area contributed by atoms with E-state index in [2.05, 4.69) is 4.98 Å². The van der Waals surface area contributed by atoms with E-state index in [1.807, 2.05) is 31.2 Å². The van der Waals surface area contributed by atoms with E-state index in [4.69, 9.17) is 0 Å². The zero-order valence-electron chi connectivity index (χ0n) is 14.2. The summed E-state index contributed by atoms with van der Waals surface area (Å²) in [5, 5.41) is 11.7. The lowest BCUT2D eigenvalue weighted by Crippen LogP contribution is -2.13. The highest BCUT2D eigenvalue weighted by molar-refractivity contribution is 7.90. The SMILES string of the molecule is CCC(O)c1ccc2ccn(S(=O)(=O)c3cccc4cccnc34)c2c1. The minimum atomic E-state index is -3.83. The summed E-state index contributed by atoms with van der Waals surface area (Å²) in [6, 6.07) is 15.9. The molecule has 0 bridgehead atoms. The minimum absolute atomic E-state index is 0.162. The van der Waals surface area contributed by atoms with Crippen LogP contribution in [-0.2, 0) is 10.0 Å². The monoisotopic (exact) mass is 366 g/mol. The molecule has 0 aliphatic rings. The van der Waals surface area contributed by atoms with Crippen molar-refractivity contribution in [1.82, 2.24) is 8.96 Å². The Hall–Kier alpha value is -2.70. The first-order valence-electron chi connectivity index (χ1n) is 8.41. The molecular weight excluding hydrogens is 348 g/mol. The Balaban J connectivity index is 1.96. The van der Waals surface area contributed by atoms with E-state index in [1.54, 1.807) is 42.7 Å². The second-order valence-corrected chi connectivity index (χ2v) is 7.97.